The van der Waals surface area contributed by atoms with E-state index in [0.29, 0.717) is 42.4 Å². The van der Waals surface area contributed by atoms with Crippen molar-refractivity contribution in [1.82, 2.24) is 20.2 Å². The fourth-order valence-electron chi connectivity index (χ4n) is 2.79. The van der Waals surface area contributed by atoms with Crippen LogP contribution in [0.1, 0.15) is 34.4 Å². The third kappa shape index (κ3) is 4.35. The first-order valence-corrected chi connectivity index (χ1v) is 8.84. The Bertz CT molecular complexity index is 934. The van der Waals surface area contributed by atoms with E-state index in [1.165, 1.54) is 19.2 Å². The molecule has 2 aromatic rings. The van der Waals surface area contributed by atoms with Gasteiger partial charge in [0.15, 0.2) is 0 Å². The van der Waals surface area contributed by atoms with Gasteiger partial charge in [0.2, 0.25) is 5.91 Å². The van der Waals surface area contributed by atoms with Crippen molar-refractivity contribution < 1.29 is 18.7 Å². The monoisotopic (exact) mass is 385 g/mol. The summed E-state index contributed by atoms with van der Waals surface area (Å²) in [6.07, 6.45) is 1.49. The summed E-state index contributed by atoms with van der Waals surface area (Å²) in [7, 11) is 0. The number of hydrogen-bond acceptors (Lipinski definition) is 5. The van der Waals surface area contributed by atoms with Crippen molar-refractivity contribution in [3.8, 4) is 6.07 Å². The minimum Gasteiger partial charge on any atom is -0.372 e. The number of halogens is 1. The minimum atomic E-state index is -0.764. The third-order valence-electron chi connectivity index (χ3n) is 4.47. The highest BCUT2D eigenvalue weighted by molar-refractivity contribution is 5.92. The summed E-state index contributed by atoms with van der Waals surface area (Å²) < 4.78 is 21.4. The fourth-order valence-corrected chi connectivity index (χ4v) is 2.79. The predicted molar refractivity (Wildman–Crippen MR) is 96.1 cm³/mol. The van der Waals surface area contributed by atoms with Crippen LogP contribution in [0.5, 0.6) is 0 Å². The number of ether oxygens (including phenoxy) is 1. The van der Waals surface area contributed by atoms with Gasteiger partial charge in [-0.15, -0.1) is 0 Å². The van der Waals surface area contributed by atoms with Gasteiger partial charge in [0.1, 0.15) is 29.9 Å². The van der Waals surface area contributed by atoms with E-state index in [1.54, 1.807) is 16.7 Å². The minimum absolute atomic E-state index is 0.0276. The van der Waals surface area contributed by atoms with E-state index in [-0.39, 0.29) is 19.0 Å². The van der Waals surface area contributed by atoms with Crippen LogP contribution in [0.15, 0.2) is 24.4 Å². The molecule has 0 saturated carbocycles. The Morgan fingerprint density at radius 2 is 2.21 bits per heavy atom. The molecule has 146 valence electrons. The maximum atomic E-state index is 14.3. The Morgan fingerprint density at radius 3 is 2.96 bits per heavy atom. The summed E-state index contributed by atoms with van der Waals surface area (Å²) in [5.41, 5.74) is 1.32. The molecule has 8 nitrogen and oxygen atoms in total. The second-order valence-electron chi connectivity index (χ2n) is 6.44. The highest BCUT2D eigenvalue weighted by atomic mass is 19.1. The van der Waals surface area contributed by atoms with E-state index >= 15 is 0 Å². The summed E-state index contributed by atoms with van der Waals surface area (Å²) in [4.78, 5) is 28.2. The number of benzene rings is 1. The molecular formula is C19H20FN5O3. The van der Waals surface area contributed by atoms with Crippen molar-refractivity contribution in [3.05, 3.63) is 52.9 Å². The Labute approximate surface area is 161 Å². The zero-order valence-corrected chi connectivity index (χ0v) is 15.4. The molecule has 2 amide bonds. The number of aromatic nitrogens is 2. The number of carbonyl (C=O) groups excluding carboxylic acids is 2. The average Bonchev–Trinajstić information content (AvgIpc) is 3.14. The molecule has 1 aromatic carbocycles. The van der Waals surface area contributed by atoms with E-state index in [4.69, 9.17) is 10.00 Å². The maximum absolute atomic E-state index is 14.3. The van der Waals surface area contributed by atoms with Crippen LogP contribution in [0.4, 0.5) is 4.39 Å². The topological polar surface area (TPSA) is 109 Å². The molecule has 1 unspecified atom stereocenters. The smallest absolute Gasteiger partial charge is 0.269 e. The molecule has 2 N–H and O–H groups in total. The Morgan fingerprint density at radius 1 is 1.39 bits per heavy atom. The summed E-state index contributed by atoms with van der Waals surface area (Å²) >= 11 is 0. The SMILES string of the molecule is CC(C#N)C(=O)NCc1ccc(CNC(=O)c2cnc3n2CCOC3)c(F)c1. The number of imidazole rings is 1. The molecule has 9 heteroatoms. The molecule has 2 heterocycles. The van der Waals surface area contributed by atoms with Crippen molar-refractivity contribution in [2.45, 2.75) is 33.2 Å². The molecule has 1 atom stereocenters. The van der Waals surface area contributed by atoms with Crippen molar-refractivity contribution in [2.24, 2.45) is 5.92 Å². The third-order valence-corrected chi connectivity index (χ3v) is 4.47. The van der Waals surface area contributed by atoms with Gasteiger partial charge in [-0.1, -0.05) is 12.1 Å². The van der Waals surface area contributed by atoms with Gasteiger partial charge in [-0.05, 0) is 18.6 Å². The molecule has 1 aliphatic rings. The predicted octanol–water partition coefficient (Wildman–Crippen LogP) is 1.26. The summed E-state index contributed by atoms with van der Waals surface area (Å²) in [6.45, 7) is 3.08. The van der Waals surface area contributed by atoms with Crippen LogP contribution in [-0.4, -0.2) is 28.0 Å². The molecule has 0 saturated heterocycles. The highest BCUT2D eigenvalue weighted by Crippen LogP contribution is 2.13. The van der Waals surface area contributed by atoms with Crippen molar-refractivity contribution in [1.29, 1.82) is 5.26 Å². The van der Waals surface area contributed by atoms with Crippen LogP contribution in [0, 0.1) is 23.1 Å². The van der Waals surface area contributed by atoms with Crippen LogP contribution < -0.4 is 10.6 Å². The highest BCUT2D eigenvalue weighted by Gasteiger charge is 2.19. The van der Waals surface area contributed by atoms with E-state index in [2.05, 4.69) is 15.6 Å². The second kappa shape index (κ2) is 8.63. The van der Waals surface area contributed by atoms with E-state index in [9.17, 15) is 14.0 Å². The number of nitrogens with zero attached hydrogens (tertiary/aromatic N) is 3. The average molecular weight is 385 g/mol. The zero-order valence-electron chi connectivity index (χ0n) is 15.4. The molecule has 0 bridgehead atoms. The number of hydrogen-bond donors (Lipinski definition) is 2. The summed E-state index contributed by atoms with van der Waals surface area (Å²) in [6, 6.07) is 6.37. The van der Waals surface area contributed by atoms with Gasteiger partial charge in [-0.3, -0.25) is 9.59 Å². The number of amides is 2. The largest absolute Gasteiger partial charge is 0.372 e. The van der Waals surface area contributed by atoms with E-state index in [1.807, 2.05) is 6.07 Å². The summed E-state index contributed by atoms with van der Waals surface area (Å²) in [5.74, 6) is -1.29. The van der Waals surface area contributed by atoms with Gasteiger partial charge in [0.25, 0.3) is 5.91 Å². The lowest BCUT2D eigenvalue weighted by molar-refractivity contribution is -0.123. The van der Waals surface area contributed by atoms with Gasteiger partial charge in [0.05, 0.1) is 18.9 Å². The fraction of sp³-hybridized carbons (Fsp3) is 0.368. The van der Waals surface area contributed by atoms with Crippen LogP contribution in [0.3, 0.4) is 0 Å². The molecular weight excluding hydrogens is 365 g/mol. The molecule has 3 rings (SSSR count). The molecule has 0 radical (unpaired) electrons. The van der Waals surface area contributed by atoms with Gasteiger partial charge < -0.3 is 19.9 Å². The second-order valence-corrected chi connectivity index (χ2v) is 6.44. The Balaban J connectivity index is 1.58. The van der Waals surface area contributed by atoms with Crippen molar-refractivity contribution in [3.63, 3.8) is 0 Å². The van der Waals surface area contributed by atoms with Crippen molar-refractivity contribution >= 4 is 11.8 Å². The molecule has 0 fully saturated rings. The standard InChI is InChI=1S/C19H20FN5O3/c1-12(7-21)18(26)23-8-13-2-3-14(15(20)6-13)9-24-19(27)16-10-22-17-11-28-5-4-25(16)17/h2-3,6,10,12H,4-5,8-9,11H2,1H3,(H,23,26)(H,24,27). The number of fused-ring (bicyclic) bond motifs is 1. The molecule has 28 heavy (non-hydrogen) atoms. The number of nitrogens with one attached hydrogen (secondary N) is 2. The van der Waals surface area contributed by atoms with Gasteiger partial charge in [0, 0.05) is 25.2 Å². The first-order valence-electron chi connectivity index (χ1n) is 8.84. The van der Waals surface area contributed by atoms with Crippen LogP contribution in [0.25, 0.3) is 0 Å². The number of nitriles is 1. The first kappa shape index (κ1) is 19.5. The van der Waals surface area contributed by atoms with Gasteiger partial charge in [-0.2, -0.15) is 5.26 Å². The van der Waals surface area contributed by atoms with Crippen molar-refractivity contribution in [2.75, 3.05) is 6.61 Å². The lowest BCUT2D eigenvalue weighted by atomic mass is 10.1. The molecule has 1 aliphatic heterocycles. The van der Waals surface area contributed by atoms with E-state index < -0.39 is 17.6 Å². The normalized spacial score (nSPS) is 13.9. The van der Waals surface area contributed by atoms with Crippen LogP contribution >= 0.6 is 0 Å². The molecule has 0 aliphatic carbocycles. The van der Waals surface area contributed by atoms with Crippen LogP contribution in [-0.2, 0) is 35.8 Å². The molecule has 1 aromatic heterocycles. The lowest BCUT2D eigenvalue weighted by Crippen LogP contribution is -2.29. The quantitative estimate of drug-likeness (QED) is 0.778. The van der Waals surface area contributed by atoms with Gasteiger partial charge in [-0.25, -0.2) is 9.37 Å². The first-order chi connectivity index (χ1) is 13.5. The Hall–Kier alpha value is -3.25. The Kier molecular flexibility index (Phi) is 6.01. The maximum Gasteiger partial charge on any atom is 0.269 e. The lowest BCUT2D eigenvalue weighted by Gasteiger charge is -2.16. The van der Waals surface area contributed by atoms with Gasteiger partial charge >= 0.3 is 0 Å². The molecule has 0 spiro atoms. The summed E-state index contributed by atoms with van der Waals surface area (Å²) in [5, 5.41) is 14.0. The zero-order chi connectivity index (χ0) is 20.1. The van der Waals surface area contributed by atoms with E-state index in [0.717, 1.165) is 0 Å². The van der Waals surface area contributed by atoms with Crippen LogP contribution in [0.2, 0.25) is 0 Å². The number of carbonyl (C=O) groups is 2. The number of rotatable bonds is 6.